The molecule has 2 saturated heterocycles. The number of ether oxygens (including phenoxy) is 2. The number of rotatable bonds is 6. The molecule has 2 aromatic heterocycles. The summed E-state index contributed by atoms with van der Waals surface area (Å²) < 4.78 is 11.5. The van der Waals surface area contributed by atoms with Gasteiger partial charge in [-0.3, -0.25) is 0 Å². The van der Waals surface area contributed by atoms with E-state index in [9.17, 15) is 5.26 Å². The number of aromatic nitrogens is 3. The summed E-state index contributed by atoms with van der Waals surface area (Å²) in [5.41, 5.74) is 2.96. The summed E-state index contributed by atoms with van der Waals surface area (Å²) in [5, 5.41) is 13.0. The van der Waals surface area contributed by atoms with Crippen LogP contribution in [0.4, 0.5) is 17.5 Å². The quantitative estimate of drug-likeness (QED) is 0.603. The highest BCUT2D eigenvalue weighted by Crippen LogP contribution is 2.28. The molecule has 8 heteroatoms. The lowest BCUT2D eigenvalue weighted by molar-refractivity contribution is 0.0254. The van der Waals surface area contributed by atoms with Crippen molar-refractivity contribution in [3.8, 4) is 23.1 Å². The van der Waals surface area contributed by atoms with Gasteiger partial charge in [-0.25, -0.2) is 15.0 Å². The van der Waals surface area contributed by atoms with Crippen LogP contribution in [0.1, 0.15) is 31.2 Å². The van der Waals surface area contributed by atoms with Crippen molar-refractivity contribution in [2.45, 2.75) is 31.8 Å². The Bertz CT molecular complexity index is 1150. The van der Waals surface area contributed by atoms with Crippen LogP contribution < -0.4 is 15.0 Å². The van der Waals surface area contributed by atoms with Crippen molar-refractivity contribution in [3.05, 3.63) is 54.4 Å². The molecule has 0 bridgehead atoms. The van der Waals surface area contributed by atoms with Crippen LogP contribution >= 0.6 is 0 Å². The van der Waals surface area contributed by atoms with Gasteiger partial charge in [0, 0.05) is 55.6 Å². The molecule has 0 aliphatic carbocycles. The summed E-state index contributed by atoms with van der Waals surface area (Å²) >= 11 is 0. The van der Waals surface area contributed by atoms with Crippen LogP contribution in [0.25, 0.3) is 11.3 Å². The average Bonchev–Trinajstić information content (AvgIpc) is 3.41. The van der Waals surface area contributed by atoms with Crippen LogP contribution in [-0.2, 0) is 4.74 Å². The normalized spacial score (nSPS) is 16.4. The van der Waals surface area contributed by atoms with Crippen LogP contribution in [0.2, 0.25) is 0 Å². The minimum Gasteiger partial charge on any atom is -0.489 e. The maximum atomic E-state index is 9.67. The minimum atomic E-state index is 0.0809. The van der Waals surface area contributed by atoms with E-state index in [0.717, 1.165) is 48.7 Å². The summed E-state index contributed by atoms with van der Waals surface area (Å²) in [7, 11) is 0. The maximum absolute atomic E-state index is 9.67. The average molecular weight is 443 g/mol. The molecule has 0 unspecified atom stereocenters. The third-order valence-electron chi connectivity index (χ3n) is 5.95. The number of benzene rings is 1. The molecule has 0 radical (unpaired) electrons. The number of nitrogens with zero attached hydrogens (tertiary/aromatic N) is 5. The van der Waals surface area contributed by atoms with Gasteiger partial charge in [0.05, 0.1) is 24.5 Å². The van der Waals surface area contributed by atoms with Crippen molar-refractivity contribution in [3.63, 3.8) is 0 Å². The van der Waals surface area contributed by atoms with Crippen LogP contribution in [0.3, 0.4) is 0 Å². The third-order valence-corrected chi connectivity index (χ3v) is 5.95. The second-order valence-electron chi connectivity index (χ2n) is 8.24. The van der Waals surface area contributed by atoms with E-state index in [0.29, 0.717) is 30.5 Å². The molecule has 33 heavy (non-hydrogen) atoms. The third kappa shape index (κ3) is 5.04. The first-order chi connectivity index (χ1) is 16.3. The number of hydrogen-bond acceptors (Lipinski definition) is 8. The number of nitrogens with one attached hydrogen (secondary N) is 1. The molecule has 0 amide bonds. The number of hydrogen-bond donors (Lipinski definition) is 1. The van der Waals surface area contributed by atoms with Crippen molar-refractivity contribution in [1.82, 2.24) is 15.0 Å². The van der Waals surface area contributed by atoms with E-state index < -0.39 is 0 Å². The van der Waals surface area contributed by atoms with Gasteiger partial charge in [-0.05, 0) is 43.2 Å². The fourth-order valence-corrected chi connectivity index (χ4v) is 4.18. The Kier molecular flexibility index (Phi) is 6.31. The molecule has 8 nitrogen and oxygen atoms in total. The lowest BCUT2D eigenvalue weighted by atomic mass is 10.1. The maximum Gasteiger partial charge on any atom is 0.227 e. The van der Waals surface area contributed by atoms with Gasteiger partial charge in [0.15, 0.2) is 0 Å². The van der Waals surface area contributed by atoms with E-state index in [-0.39, 0.29) is 6.10 Å². The second kappa shape index (κ2) is 9.84. The first kappa shape index (κ1) is 21.2. The highest BCUT2D eigenvalue weighted by molar-refractivity contribution is 5.66. The zero-order valence-corrected chi connectivity index (χ0v) is 18.4. The predicted molar refractivity (Wildman–Crippen MR) is 126 cm³/mol. The fraction of sp³-hybridized carbons (Fsp3) is 0.360. The van der Waals surface area contributed by atoms with Gasteiger partial charge >= 0.3 is 0 Å². The van der Waals surface area contributed by atoms with Gasteiger partial charge in [0.1, 0.15) is 23.7 Å². The van der Waals surface area contributed by atoms with E-state index in [2.05, 4.69) is 31.2 Å². The van der Waals surface area contributed by atoms with Gasteiger partial charge in [0.2, 0.25) is 5.95 Å². The highest BCUT2D eigenvalue weighted by atomic mass is 16.5. The Morgan fingerprint density at radius 1 is 1.03 bits per heavy atom. The molecular weight excluding hydrogens is 416 g/mol. The molecule has 5 rings (SSSR count). The van der Waals surface area contributed by atoms with Crippen molar-refractivity contribution in [1.29, 1.82) is 5.26 Å². The molecule has 4 heterocycles. The van der Waals surface area contributed by atoms with Crippen LogP contribution in [-0.4, -0.2) is 47.4 Å². The number of pyridine rings is 1. The summed E-state index contributed by atoms with van der Waals surface area (Å²) in [6.07, 6.45) is 7.67. The Morgan fingerprint density at radius 2 is 1.85 bits per heavy atom. The second-order valence-corrected chi connectivity index (χ2v) is 8.24. The summed E-state index contributed by atoms with van der Waals surface area (Å²) in [6.45, 7) is 3.46. The molecule has 0 saturated carbocycles. The summed E-state index contributed by atoms with van der Waals surface area (Å²) in [4.78, 5) is 15.8. The van der Waals surface area contributed by atoms with Crippen LogP contribution in [0, 0.1) is 11.3 Å². The Morgan fingerprint density at radius 3 is 2.67 bits per heavy atom. The van der Waals surface area contributed by atoms with Crippen molar-refractivity contribution in [2.75, 3.05) is 36.5 Å². The van der Waals surface area contributed by atoms with Crippen molar-refractivity contribution >= 4 is 17.5 Å². The molecule has 2 aliphatic rings. The lowest BCUT2D eigenvalue weighted by Gasteiger charge is -2.23. The molecule has 168 valence electrons. The van der Waals surface area contributed by atoms with Crippen LogP contribution in [0.15, 0.2) is 48.8 Å². The standard InChI is InChI=1S/C25H26N6O2/c26-17-19-15-18(3-4-23(19)33-21-7-13-32-14-8-21)22-6-10-28-25(30-22)29-20-5-9-27-24(16-20)31-11-1-2-12-31/h3-6,9-10,15-16,21H,1-2,7-8,11-14H2,(H,27,28,29,30). The molecule has 2 fully saturated rings. The largest absolute Gasteiger partial charge is 0.489 e. The van der Waals surface area contributed by atoms with Gasteiger partial charge in [-0.2, -0.15) is 5.26 Å². The Hall–Kier alpha value is -3.70. The first-order valence-electron chi connectivity index (χ1n) is 11.4. The monoisotopic (exact) mass is 442 g/mol. The van der Waals surface area contributed by atoms with E-state index in [4.69, 9.17) is 9.47 Å². The molecule has 0 spiro atoms. The Labute approximate surface area is 193 Å². The first-order valence-corrected chi connectivity index (χ1v) is 11.4. The Balaban J connectivity index is 1.33. The van der Waals surface area contributed by atoms with E-state index >= 15 is 0 Å². The predicted octanol–water partition coefficient (Wildman–Crippen LogP) is 4.31. The number of anilines is 3. The van der Waals surface area contributed by atoms with Crippen molar-refractivity contribution in [2.24, 2.45) is 0 Å². The molecule has 1 N–H and O–H groups in total. The molecule has 1 aromatic carbocycles. The zero-order chi connectivity index (χ0) is 22.5. The molecule has 2 aliphatic heterocycles. The number of nitriles is 1. The van der Waals surface area contributed by atoms with E-state index in [1.165, 1.54) is 12.8 Å². The van der Waals surface area contributed by atoms with Gasteiger partial charge in [-0.15, -0.1) is 0 Å². The zero-order valence-electron chi connectivity index (χ0n) is 18.4. The SMILES string of the molecule is N#Cc1cc(-c2ccnc(Nc3ccnc(N4CCCC4)c3)n2)ccc1OC1CCOCC1. The minimum absolute atomic E-state index is 0.0809. The van der Waals surface area contributed by atoms with E-state index in [1.54, 1.807) is 12.4 Å². The molecule has 3 aromatic rings. The van der Waals surface area contributed by atoms with Gasteiger partial charge in [0.25, 0.3) is 0 Å². The highest BCUT2D eigenvalue weighted by Gasteiger charge is 2.18. The van der Waals surface area contributed by atoms with Crippen LogP contribution in [0.5, 0.6) is 5.75 Å². The smallest absolute Gasteiger partial charge is 0.227 e. The summed E-state index contributed by atoms with van der Waals surface area (Å²) in [6, 6.07) is 13.6. The van der Waals surface area contributed by atoms with Gasteiger partial charge < -0.3 is 19.7 Å². The van der Waals surface area contributed by atoms with Crippen molar-refractivity contribution < 1.29 is 9.47 Å². The fourth-order valence-electron chi connectivity index (χ4n) is 4.18. The van der Waals surface area contributed by atoms with E-state index in [1.807, 2.05) is 36.4 Å². The summed E-state index contributed by atoms with van der Waals surface area (Å²) in [5.74, 6) is 2.06. The molecule has 0 atom stereocenters. The van der Waals surface area contributed by atoms with Gasteiger partial charge in [-0.1, -0.05) is 0 Å². The molecular formula is C25H26N6O2. The lowest BCUT2D eigenvalue weighted by Crippen LogP contribution is -2.26. The topological polar surface area (TPSA) is 96.2 Å².